The van der Waals surface area contributed by atoms with Crippen molar-refractivity contribution in [3.63, 3.8) is 0 Å². The number of thioether (sulfide) groups is 1. The van der Waals surface area contributed by atoms with Crippen LogP contribution < -0.4 is 5.32 Å². The number of nitrogens with zero attached hydrogens (tertiary/aromatic N) is 1. The second-order valence-electron chi connectivity index (χ2n) is 6.05. The summed E-state index contributed by atoms with van der Waals surface area (Å²) in [5.74, 6) is -1.62. The van der Waals surface area contributed by atoms with Crippen molar-refractivity contribution in [1.82, 2.24) is 5.32 Å². The van der Waals surface area contributed by atoms with E-state index in [4.69, 9.17) is 0 Å². The van der Waals surface area contributed by atoms with E-state index in [1.807, 2.05) is 6.92 Å². The van der Waals surface area contributed by atoms with Gasteiger partial charge in [-0.3, -0.25) is 4.99 Å². The van der Waals surface area contributed by atoms with Crippen LogP contribution in [0.15, 0.2) is 17.1 Å². The summed E-state index contributed by atoms with van der Waals surface area (Å²) in [5.41, 5.74) is 0.219. The maximum absolute atomic E-state index is 14.3. The fourth-order valence-corrected chi connectivity index (χ4v) is 4.75. The quantitative estimate of drug-likeness (QED) is 0.882. The molecular weight excluding hydrogens is 294 g/mol. The van der Waals surface area contributed by atoms with Gasteiger partial charge in [0, 0.05) is 18.5 Å². The van der Waals surface area contributed by atoms with E-state index in [1.54, 1.807) is 20.0 Å². The van der Waals surface area contributed by atoms with Crippen LogP contribution in [0.3, 0.4) is 0 Å². The monoisotopic (exact) mass is 312 g/mol. The molecule has 1 aromatic carbocycles. The van der Waals surface area contributed by atoms with Gasteiger partial charge < -0.3 is 10.4 Å². The number of aliphatic hydroxyl groups is 1. The van der Waals surface area contributed by atoms with E-state index in [2.05, 4.69) is 10.3 Å². The summed E-state index contributed by atoms with van der Waals surface area (Å²) < 4.78 is 27.8. The molecular formula is C15H18F2N2OS. The van der Waals surface area contributed by atoms with Crippen LogP contribution in [0.5, 0.6) is 0 Å². The Morgan fingerprint density at radius 3 is 2.81 bits per heavy atom. The van der Waals surface area contributed by atoms with Crippen LogP contribution in [-0.4, -0.2) is 28.7 Å². The third-order valence-electron chi connectivity index (χ3n) is 4.59. The molecule has 0 radical (unpaired) electrons. The van der Waals surface area contributed by atoms with Gasteiger partial charge in [0.1, 0.15) is 0 Å². The Balaban J connectivity index is 2.12. The molecule has 3 rings (SSSR count). The highest BCUT2D eigenvalue weighted by Gasteiger charge is 2.67. The van der Waals surface area contributed by atoms with Gasteiger partial charge in [0.05, 0.1) is 16.9 Å². The van der Waals surface area contributed by atoms with E-state index < -0.39 is 17.2 Å². The molecule has 1 saturated heterocycles. The molecule has 2 fully saturated rings. The molecule has 1 aliphatic carbocycles. The smallest absolute Gasteiger partial charge is 0.164 e. The van der Waals surface area contributed by atoms with Crippen LogP contribution in [0.2, 0.25) is 0 Å². The van der Waals surface area contributed by atoms with Crippen LogP contribution in [0.4, 0.5) is 8.78 Å². The summed E-state index contributed by atoms with van der Waals surface area (Å²) in [6.45, 7) is 3.61. The average Bonchev–Trinajstić information content (AvgIpc) is 3.19. The van der Waals surface area contributed by atoms with Gasteiger partial charge in [-0.25, -0.2) is 8.78 Å². The highest BCUT2D eigenvalue weighted by molar-refractivity contribution is 8.15. The molecule has 2 unspecified atom stereocenters. The Hall–Kier alpha value is -1.14. The van der Waals surface area contributed by atoms with Crippen LogP contribution >= 0.6 is 11.8 Å². The van der Waals surface area contributed by atoms with E-state index >= 15 is 0 Å². The molecule has 0 bridgehead atoms. The fraction of sp³-hybridized carbons (Fsp3) is 0.533. The highest BCUT2D eigenvalue weighted by Crippen LogP contribution is 2.64. The highest BCUT2D eigenvalue weighted by atomic mass is 32.2. The van der Waals surface area contributed by atoms with E-state index in [9.17, 15) is 13.9 Å². The lowest BCUT2D eigenvalue weighted by molar-refractivity contribution is 0.255. The maximum Gasteiger partial charge on any atom is 0.164 e. The molecule has 0 aromatic heterocycles. The number of nitrogens with one attached hydrogen (secondary N) is 1. The van der Waals surface area contributed by atoms with E-state index in [-0.39, 0.29) is 17.3 Å². The first-order chi connectivity index (χ1) is 9.86. The summed E-state index contributed by atoms with van der Waals surface area (Å²) in [5, 5.41) is 13.6. The number of aliphatic hydroxyl groups excluding tert-OH is 1. The number of aryl methyl sites for hydroxylation is 1. The molecule has 1 heterocycles. The van der Waals surface area contributed by atoms with Gasteiger partial charge in [-0.2, -0.15) is 0 Å². The number of halogens is 2. The Morgan fingerprint density at radius 1 is 1.48 bits per heavy atom. The van der Waals surface area contributed by atoms with E-state index in [0.29, 0.717) is 16.3 Å². The van der Waals surface area contributed by atoms with Gasteiger partial charge in [0.25, 0.3) is 0 Å². The largest absolute Gasteiger partial charge is 0.395 e. The lowest BCUT2D eigenvalue weighted by atomic mass is 9.84. The fourth-order valence-electron chi connectivity index (χ4n) is 3.32. The van der Waals surface area contributed by atoms with Crippen LogP contribution in [0, 0.1) is 24.5 Å². The van der Waals surface area contributed by atoms with Crippen molar-refractivity contribution >= 4 is 16.9 Å². The van der Waals surface area contributed by atoms with Gasteiger partial charge in [0.15, 0.2) is 16.8 Å². The van der Waals surface area contributed by atoms with Gasteiger partial charge in [-0.15, -0.1) is 0 Å². The third kappa shape index (κ3) is 2.07. The minimum absolute atomic E-state index is 0.00847. The predicted molar refractivity (Wildman–Crippen MR) is 80.5 cm³/mol. The molecule has 114 valence electrons. The summed E-state index contributed by atoms with van der Waals surface area (Å²) >= 11 is 1.49. The molecule has 3 nitrogen and oxygen atoms in total. The molecule has 0 amide bonds. The molecule has 1 aliphatic heterocycles. The second kappa shape index (κ2) is 4.68. The van der Waals surface area contributed by atoms with Gasteiger partial charge >= 0.3 is 0 Å². The van der Waals surface area contributed by atoms with Gasteiger partial charge in [0.2, 0.25) is 0 Å². The normalized spacial score (nSPS) is 36.3. The predicted octanol–water partition coefficient (Wildman–Crippen LogP) is 2.56. The van der Waals surface area contributed by atoms with Crippen molar-refractivity contribution in [1.29, 1.82) is 0 Å². The topological polar surface area (TPSA) is 44.6 Å². The van der Waals surface area contributed by atoms with Crippen LogP contribution in [0.25, 0.3) is 0 Å². The molecule has 21 heavy (non-hydrogen) atoms. The molecule has 3 atom stereocenters. The van der Waals surface area contributed by atoms with Crippen molar-refractivity contribution in [2.75, 3.05) is 13.7 Å². The zero-order valence-electron chi connectivity index (χ0n) is 12.2. The molecule has 1 saturated carbocycles. The van der Waals surface area contributed by atoms with Crippen molar-refractivity contribution in [2.45, 2.75) is 30.6 Å². The zero-order valence-corrected chi connectivity index (χ0v) is 13.0. The minimum atomic E-state index is -0.837. The third-order valence-corrected chi connectivity index (χ3v) is 6.06. The van der Waals surface area contributed by atoms with Crippen molar-refractivity contribution in [3.05, 3.63) is 34.9 Å². The molecule has 2 aliphatic rings. The maximum atomic E-state index is 14.3. The number of hydrogen-bond donors (Lipinski definition) is 2. The number of hydrogen-bond acceptors (Lipinski definition) is 3. The lowest BCUT2D eigenvalue weighted by Gasteiger charge is -2.39. The second-order valence-corrected chi connectivity index (χ2v) is 7.45. The Labute approximate surface area is 126 Å². The number of benzene rings is 1. The first-order valence-corrected chi connectivity index (χ1v) is 7.69. The van der Waals surface area contributed by atoms with E-state index in [0.717, 1.165) is 6.42 Å². The SMILES string of the molecule is CN=C1N[C@](C)(c2cc(C)cc(F)c2F)C2CC2(CO)S1. The molecule has 6 heteroatoms. The molecule has 1 aromatic rings. The standard InChI is InChI=1S/C15H18F2N2OS/c1-8-4-9(12(17)10(16)5-8)14(2)11-6-15(11,7-20)21-13(18-3)19-14/h4-5,11,20H,6-7H2,1-3H3,(H,18,19)/t11?,14-,15?/m1/s1. The van der Waals surface area contributed by atoms with Gasteiger partial charge in [-0.1, -0.05) is 17.8 Å². The van der Waals surface area contributed by atoms with Crippen LogP contribution in [0.1, 0.15) is 24.5 Å². The molecule has 0 spiro atoms. The number of fused-ring (bicyclic) bond motifs is 1. The summed E-state index contributed by atoms with van der Waals surface area (Å²) in [6.07, 6.45) is 0.756. The van der Waals surface area contributed by atoms with Gasteiger partial charge in [-0.05, 0) is 31.9 Å². The zero-order chi connectivity index (χ0) is 15.4. The Morgan fingerprint density at radius 2 is 2.19 bits per heavy atom. The first kappa shape index (κ1) is 14.8. The van der Waals surface area contributed by atoms with Crippen molar-refractivity contribution in [2.24, 2.45) is 10.9 Å². The minimum Gasteiger partial charge on any atom is -0.395 e. The number of rotatable bonds is 2. The summed E-state index contributed by atoms with van der Waals surface area (Å²) in [4.78, 5) is 4.15. The first-order valence-electron chi connectivity index (χ1n) is 6.87. The number of aliphatic imine (C=N–C) groups is 1. The van der Waals surface area contributed by atoms with Crippen molar-refractivity contribution < 1.29 is 13.9 Å². The average molecular weight is 312 g/mol. The van der Waals surface area contributed by atoms with E-state index in [1.165, 1.54) is 17.8 Å². The Bertz CT molecular complexity index is 636. The van der Waals surface area contributed by atoms with Crippen molar-refractivity contribution in [3.8, 4) is 0 Å². The Kier molecular flexibility index (Phi) is 3.29. The summed E-state index contributed by atoms with van der Waals surface area (Å²) in [6, 6.07) is 2.87. The number of amidine groups is 1. The summed E-state index contributed by atoms with van der Waals surface area (Å²) in [7, 11) is 1.65. The molecule has 2 N–H and O–H groups in total. The lowest BCUT2D eigenvalue weighted by Crippen LogP contribution is -2.51. The van der Waals surface area contributed by atoms with Crippen LogP contribution in [-0.2, 0) is 5.54 Å².